The Morgan fingerprint density at radius 2 is 1.79 bits per heavy atom. The SMILES string of the molecule is COc1ccc(/C=N\NC(=O)CNC(=O)c2ccc(Cl)cc2)cc1. The molecule has 0 aliphatic heterocycles. The molecule has 0 unspecified atom stereocenters. The fourth-order valence-corrected chi connectivity index (χ4v) is 1.90. The number of rotatable bonds is 6. The van der Waals surface area contributed by atoms with Crippen molar-refractivity contribution in [3.05, 3.63) is 64.7 Å². The average molecular weight is 346 g/mol. The number of nitrogens with zero attached hydrogens (tertiary/aromatic N) is 1. The summed E-state index contributed by atoms with van der Waals surface area (Å²) in [5, 5.41) is 6.86. The highest BCUT2D eigenvalue weighted by Gasteiger charge is 2.07. The van der Waals surface area contributed by atoms with Gasteiger partial charge in [-0.15, -0.1) is 0 Å². The molecule has 0 aliphatic carbocycles. The van der Waals surface area contributed by atoms with Crippen molar-refractivity contribution in [2.24, 2.45) is 5.10 Å². The van der Waals surface area contributed by atoms with E-state index >= 15 is 0 Å². The van der Waals surface area contributed by atoms with Gasteiger partial charge < -0.3 is 10.1 Å². The number of hydrazone groups is 1. The Balaban J connectivity index is 1.77. The number of hydrogen-bond acceptors (Lipinski definition) is 4. The van der Waals surface area contributed by atoms with Gasteiger partial charge in [-0.1, -0.05) is 11.6 Å². The normalized spacial score (nSPS) is 10.4. The molecule has 24 heavy (non-hydrogen) atoms. The van der Waals surface area contributed by atoms with Gasteiger partial charge in [0, 0.05) is 10.6 Å². The van der Waals surface area contributed by atoms with E-state index in [0.29, 0.717) is 10.6 Å². The van der Waals surface area contributed by atoms with E-state index in [-0.39, 0.29) is 12.5 Å². The van der Waals surface area contributed by atoms with E-state index < -0.39 is 5.91 Å². The number of methoxy groups -OCH3 is 1. The first-order valence-corrected chi connectivity index (χ1v) is 7.46. The standard InChI is InChI=1S/C17H16ClN3O3/c1-24-15-8-2-12(3-9-15)10-20-21-16(22)11-19-17(23)13-4-6-14(18)7-5-13/h2-10H,11H2,1H3,(H,19,23)(H,21,22)/b20-10-. The van der Waals surface area contributed by atoms with Gasteiger partial charge >= 0.3 is 0 Å². The van der Waals surface area contributed by atoms with Crippen LogP contribution in [0.1, 0.15) is 15.9 Å². The van der Waals surface area contributed by atoms with Gasteiger partial charge in [0.2, 0.25) is 0 Å². The molecule has 0 radical (unpaired) electrons. The molecule has 2 aromatic carbocycles. The zero-order chi connectivity index (χ0) is 17.4. The van der Waals surface area contributed by atoms with E-state index in [4.69, 9.17) is 16.3 Å². The molecule has 0 fully saturated rings. The van der Waals surface area contributed by atoms with E-state index in [0.717, 1.165) is 11.3 Å². The number of carbonyl (C=O) groups is 2. The maximum atomic E-state index is 11.8. The molecule has 2 rings (SSSR count). The van der Waals surface area contributed by atoms with Crippen LogP contribution < -0.4 is 15.5 Å². The smallest absolute Gasteiger partial charge is 0.259 e. The van der Waals surface area contributed by atoms with Crippen molar-refractivity contribution in [1.29, 1.82) is 0 Å². The highest BCUT2D eigenvalue weighted by atomic mass is 35.5. The summed E-state index contributed by atoms with van der Waals surface area (Å²) in [6.45, 7) is -0.179. The first kappa shape index (κ1) is 17.5. The molecule has 0 saturated heterocycles. The van der Waals surface area contributed by atoms with Crippen molar-refractivity contribution in [1.82, 2.24) is 10.7 Å². The molecule has 6 nitrogen and oxygen atoms in total. The number of amides is 2. The molecule has 2 N–H and O–H groups in total. The van der Waals surface area contributed by atoms with E-state index in [1.165, 1.54) is 6.21 Å². The number of carbonyl (C=O) groups excluding carboxylic acids is 2. The summed E-state index contributed by atoms with van der Waals surface area (Å²) < 4.78 is 5.05. The third kappa shape index (κ3) is 5.40. The molecule has 2 aromatic rings. The molecule has 124 valence electrons. The Morgan fingerprint density at radius 1 is 1.12 bits per heavy atom. The predicted octanol–water partition coefficient (Wildman–Crippen LogP) is 2.23. The Labute approximate surface area is 144 Å². The number of ether oxygens (including phenoxy) is 1. The van der Waals surface area contributed by atoms with Gasteiger partial charge in [0.05, 0.1) is 19.9 Å². The second kappa shape index (κ2) is 8.69. The number of nitrogens with one attached hydrogen (secondary N) is 2. The summed E-state index contributed by atoms with van der Waals surface area (Å²) in [7, 11) is 1.58. The largest absolute Gasteiger partial charge is 0.497 e. The monoisotopic (exact) mass is 345 g/mol. The third-order valence-electron chi connectivity index (χ3n) is 3.03. The molecule has 2 amide bonds. The molecule has 0 saturated carbocycles. The highest BCUT2D eigenvalue weighted by molar-refractivity contribution is 6.30. The lowest BCUT2D eigenvalue weighted by molar-refractivity contribution is -0.120. The minimum absolute atomic E-state index is 0.179. The van der Waals surface area contributed by atoms with Crippen LogP contribution in [0.2, 0.25) is 5.02 Å². The van der Waals surface area contributed by atoms with Crippen molar-refractivity contribution >= 4 is 29.6 Å². The van der Waals surface area contributed by atoms with Gasteiger partial charge in [0.25, 0.3) is 11.8 Å². The molecular formula is C17H16ClN3O3. The summed E-state index contributed by atoms with van der Waals surface area (Å²) in [6, 6.07) is 13.6. The quantitative estimate of drug-likeness (QED) is 0.622. The van der Waals surface area contributed by atoms with Crippen LogP contribution in [0.4, 0.5) is 0 Å². The lowest BCUT2D eigenvalue weighted by Gasteiger charge is -2.04. The fraction of sp³-hybridized carbons (Fsp3) is 0.118. The summed E-state index contributed by atoms with van der Waals surface area (Å²) in [6.07, 6.45) is 1.50. The summed E-state index contributed by atoms with van der Waals surface area (Å²) in [5.74, 6) is -0.0517. The van der Waals surface area contributed by atoms with E-state index in [2.05, 4.69) is 15.8 Å². The lowest BCUT2D eigenvalue weighted by atomic mass is 10.2. The van der Waals surface area contributed by atoms with Crippen molar-refractivity contribution in [2.75, 3.05) is 13.7 Å². The Kier molecular flexibility index (Phi) is 6.33. The van der Waals surface area contributed by atoms with Crippen LogP contribution in [0, 0.1) is 0 Å². The van der Waals surface area contributed by atoms with Crippen LogP contribution in [-0.2, 0) is 4.79 Å². The fourth-order valence-electron chi connectivity index (χ4n) is 1.77. The molecule has 0 aliphatic rings. The molecular weight excluding hydrogens is 330 g/mol. The van der Waals surface area contributed by atoms with Gasteiger partial charge in [-0.2, -0.15) is 5.10 Å². The van der Waals surface area contributed by atoms with Crippen molar-refractivity contribution in [2.45, 2.75) is 0 Å². The van der Waals surface area contributed by atoms with Crippen molar-refractivity contribution in [3.8, 4) is 5.75 Å². The topological polar surface area (TPSA) is 79.8 Å². The Hall–Kier alpha value is -2.86. The summed E-state index contributed by atoms with van der Waals surface area (Å²) in [5.41, 5.74) is 3.57. The van der Waals surface area contributed by atoms with Gasteiger partial charge in [-0.05, 0) is 54.1 Å². The van der Waals surface area contributed by atoms with Crippen molar-refractivity contribution < 1.29 is 14.3 Å². The molecule has 7 heteroatoms. The molecule has 0 aromatic heterocycles. The van der Waals surface area contributed by atoms with Crippen LogP contribution in [0.3, 0.4) is 0 Å². The maximum absolute atomic E-state index is 11.8. The predicted molar refractivity (Wildman–Crippen MR) is 92.5 cm³/mol. The van der Waals surface area contributed by atoms with Gasteiger partial charge in [0.1, 0.15) is 5.75 Å². The lowest BCUT2D eigenvalue weighted by Crippen LogP contribution is -2.34. The van der Waals surface area contributed by atoms with Crippen LogP contribution in [0.25, 0.3) is 0 Å². The first-order valence-electron chi connectivity index (χ1n) is 7.08. The van der Waals surface area contributed by atoms with Crippen LogP contribution in [0.5, 0.6) is 5.75 Å². The minimum Gasteiger partial charge on any atom is -0.497 e. The van der Waals surface area contributed by atoms with Crippen LogP contribution in [-0.4, -0.2) is 31.7 Å². The Morgan fingerprint density at radius 3 is 2.42 bits per heavy atom. The highest BCUT2D eigenvalue weighted by Crippen LogP contribution is 2.10. The zero-order valence-electron chi connectivity index (χ0n) is 13.0. The number of hydrogen-bond donors (Lipinski definition) is 2. The molecule has 0 heterocycles. The molecule has 0 spiro atoms. The van der Waals surface area contributed by atoms with Crippen LogP contribution in [0.15, 0.2) is 53.6 Å². The number of halogens is 1. The van der Waals surface area contributed by atoms with E-state index in [9.17, 15) is 9.59 Å². The average Bonchev–Trinajstić information content (AvgIpc) is 2.61. The summed E-state index contributed by atoms with van der Waals surface area (Å²) in [4.78, 5) is 23.5. The zero-order valence-corrected chi connectivity index (χ0v) is 13.7. The molecule has 0 bridgehead atoms. The third-order valence-corrected chi connectivity index (χ3v) is 3.29. The van der Waals surface area contributed by atoms with E-state index in [1.54, 1.807) is 55.6 Å². The van der Waals surface area contributed by atoms with Gasteiger partial charge in [-0.3, -0.25) is 9.59 Å². The van der Waals surface area contributed by atoms with Gasteiger partial charge in [0.15, 0.2) is 0 Å². The van der Waals surface area contributed by atoms with Crippen LogP contribution >= 0.6 is 11.6 Å². The van der Waals surface area contributed by atoms with Gasteiger partial charge in [-0.25, -0.2) is 5.43 Å². The second-order valence-corrected chi connectivity index (χ2v) is 5.19. The second-order valence-electron chi connectivity index (χ2n) is 4.76. The maximum Gasteiger partial charge on any atom is 0.259 e. The van der Waals surface area contributed by atoms with Crippen molar-refractivity contribution in [3.63, 3.8) is 0 Å². The Bertz CT molecular complexity index is 728. The first-order chi connectivity index (χ1) is 11.6. The number of benzene rings is 2. The minimum atomic E-state index is -0.429. The van der Waals surface area contributed by atoms with E-state index in [1.807, 2.05) is 0 Å². The summed E-state index contributed by atoms with van der Waals surface area (Å²) >= 11 is 5.75. The molecule has 0 atom stereocenters.